The zero-order chi connectivity index (χ0) is 11.8. The molecule has 0 aliphatic heterocycles. The van der Waals surface area contributed by atoms with Crippen LogP contribution < -0.4 is 10.5 Å². The van der Waals surface area contributed by atoms with Crippen molar-refractivity contribution in [2.75, 3.05) is 39.3 Å². The Kier molecular flexibility index (Phi) is 5.60. The first-order chi connectivity index (χ1) is 7.74. The van der Waals surface area contributed by atoms with Crippen LogP contribution in [0.3, 0.4) is 0 Å². The van der Waals surface area contributed by atoms with Crippen LogP contribution >= 0.6 is 0 Å². The lowest BCUT2D eigenvalue weighted by atomic mass is 10.3. The Morgan fingerprint density at radius 3 is 2.62 bits per heavy atom. The molecule has 0 aliphatic carbocycles. The number of hydrogen-bond acceptors (Lipinski definition) is 5. The Bertz CT molecular complexity index is 318. The number of aromatic nitrogens is 1. The molecule has 1 heterocycles. The molecule has 1 aromatic heterocycles. The van der Waals surface area contributed by atoms with Crippen molar-refractivity contribution in [3.05, 3.63) is 17.8 Å². The van der Waals surface area contributed by atoms with Crippen molar-refractivity contribution in [3.63, 3.8) is 0 Å². The number of pyridine rings is 1. The molecule has 0 unspecified atom stereocenters. The Morgan fingerprint density at radius 2 is 1.94 bits per heavy atom. The van der Waals surface area contributed by atoms with E-state index in [0.29, 0.717) is 38.0 Å². The third-order valence-corrected chi connectivity index (χ3v) is 2.01. The second-order valence-corrected chi connectivity index (χ2v) is 3.28. The van der Waals surface area contributed by atoms with Crippen LogP contribution in [0.25, 0.3) is 0 Å². The van der Waals surface area contributed by atoms with Crippen molar-refractivity contribution in [2.24, 2.45) is 0 Å². The molecule has 1 rings (SSSR count). The summed E-state index contributed by atoms with van der Waals surface area (Å²) in [5.74, 6) is 0.571. The van der Waals surface area contributed by atoms with Gasteiger partial charge in [-0.05, 0) is 13.0 Å². The lowest BCUT2D eigenvalue weighted by Gasteiger charge is -2.07. The molecule has 0 aromatic carbocycles. The maximum atomic E-state index is 5.64. The second-order valence-electron chi connectivity index (χ2n) is 3.28. The van der Waals surface area contributed by atoms with Gasteiger partial charge in [0.25, 0.3) is 0 Å². The van der Waals surface area contributed by atoms with Crippen LogP contribution in [0.1, 0.15) is 5.69 Å². The molecule has 0 amide bonds. The first kappa shape index (κ1) is 12.7. The molecule has 90 valence electrons. The highest BCUT2D eigenvalue weighted by Crippen LogP contribution is 2.13. The van der Waals surface area contributed by atoms with Gasteiger partial charge in [0.05, 0.1) is 31.2 Å². The van der Waals surface area contributed by atoms with Gasteiger partial charge in [-0.15, -0.1) is 0 Å². The number of ether oxygens (including phenoxy) is 3. The predicted molar refractivity (Wildman–Crippen MR) is 61.6 cm³/mol. The van der Waals surface area contributed by atoms with E-state index in [2.05, 4.69) is 4.98 Å². The summed E-state index contributed by atoms with van der Waals surface area (Å²) in [6, 6.07) is 3.53. The minimum absolute atomic E-state index is 0.472. The molecule has 0 bridgehead atoms. The highest BCUT2D eigenvalue weighted by atomic mass is 16.5. The molecule has 0 spiro atoms. The standard InChI is InChI=1S/C11H18N2O3/c1-9-10(12)3-4-11(13-9)16-8-7-15-6-5-14-2/h3-4H,5-8,12H2,1-2H3. The van der Waals surface area contributed by atoms with Crippen molar-refractivity contribution >= 4 is 5.69 Å². The van der Waals surface area contributed by atoms with E-state index in [4.69, 9.17) is 19.9 Å². The van der Waals surface area contributed by atoms with Crippen molar-refractivity contribution < 1.29 is 14.2 Å². The zero-order valence-electron chi connectivity index (χ0n) is 9.73. The van der Waals surface area contributed by atoms with E-state index in [0.717, 1.165) is 5.69 Å². The minimum atomic E-state index is 0.472. The van der Waals surface area contributed by atoms with E-state index in [1.165, 1.54) is 0 Å². The van der Waals surface area contributed by atoms with Crippen molar-refractivity contribution in [1.29, 1.82) is 0 Å². The lowest BCUT2D eigenvalue weighted by molar-refractivity contribution is 0.0536. The molecule has 0 saturated heterocycles. The van der Waals surface area contributed by atoms with Gasteiger partial charge in [-0.2, -0.15) is 0 Å². The number of nitrogens with zero attached hydrogens (tertiary/aromatic N) is 1. The van der Waals surface area contributed by atoms with Crippen molar-refractivity contribution in [3.8, 4) is 5.88 Å². The molecule has 0 aliphatic rings. The van der Waals surface area contributed by atoms with Crippen LogP contribution in [0.5, 0.6) is 5.88 Å². The number of hydrogen-bond donors (Lipinski definition) is 1. The second kappa shape index (κ2) is 7.03. The molecular weight excluding hydrogens is 208 g/mol. The van der Waals surface area contributed by atoms with Crippen LogP contribution in [0.2, 0.25) is 0 Å². The zero-order valence-corrected chi connectivity index (χ0v) is 9.73. The van der Waals surface area contributed by atoms with Gasteiger partial charge >= 0.3 is 0 Å². The van der Waals surface area contributed by atoms with E-state index in [1.807, 2.05) is 6.92 Å². The summed E-state index contributed by atoms with van der Waals surface area (Å²) >= 11 is 0. The maximum absolute atomic E-state index is 5.64. The highest BCUT2D eigenvalue weighted by Gasteiger charge is 1.99. The van der Waals surface area contributed by atoms with Gasteiger partial charge in [0.15, 0.2) is 0 Å². The average Bonchev–Trinajstić information content (AvgIpc) is 2.28. The van der Waals surface area contributed by atoms with Gasteiger partial charge in [-0.3, -0.25) is 0 Å². The Balaban J connectivity index is 2.19. The molecule has 2 N–H and O–H groups in total. The predicted octanol–water partition coefficient (Wildman–Crippen LogP) is 1.01. The molecule has 5 heteroatoms. The lowest BCUT2D eigenvalue weighted by Crippen LogP contribution is -2.10. The summed E-state index contributed by atoms with van der Waals surface area (Å²) in [7, 11) is 1.64. The SMILES string of the molecule is COCCOCCOc1ccc(N)c(C)n1. The van der Waals surface area contributed by atoms with Gasteiger partial charge in [0, 0.05) is 13.2 Å². The van der Waals surface area contributed by atoms with E-state index in [1.54, 1.807) is 19.2 Å². The van der Waals surface area contributed by atoms with Crippen LogP contribution in [0.15, 0.2) is 12.1 Å². The van der Waals surface area contributed by atoms with Crippen molar-refractivity contribution in [2.45, 2.75) is 6.92 Å². The van der Waals surface area contributed by atoms with Crippen LogP contribution in [-0.2, 0) is 9.47 Å². The summed E-state index contributed by atoms with van der Waals surface area (Å²) in [6.07, 6.45) is 0. The Hall–Kier alpha value is -1.33. The van der Waals surface area contributed by atoms with Gasteiger partial charge in [-0.25, -0.2) is 4.98 Å². The molecule has 0 saturated carbocycles. The largest absolute Gasteiger partial charge is 0.475 e. The monoisotopic (exact) mass is 226 g/mol. The van der Waals surface area contributed by atoms with Crippen LogP contribution in [0.4, 0.5) is 5.69 Å². The van der Waals surface area contributed by atoms with Crippen molar-refractivity contribution in [1.82, 2.24) is 4.98 Å². The molecule has 0 fully saturated rings. The first-order valence-corrected chi connectivity index (χ1v) is 5.16. The first-order valence-electron chi connectivity index (χ1n) is 5.16. The Labute approximate surface area is 95.5 Å². The van der Waals surface area contributed by atoms with E-state index >= 15 is 0 Å². The Morgan fingerprint density at radius 1 is 1.19 bits per heavy atom. The molecular formula is C11H18N2O3. The van der Waals surface area contributed by atoms with Gasteiger partial charge in [0.1, 0.15) is 6.61 Å². The van der Waals surface area contributed by atoms with E-state index < -0.39 is 0 Å². The summed E-state index contributed by atoms with van der Waals surface area (Å²) in [6.45, 7) is 4.01. The smallest absolute Gasteiger partial charge is 0.213 e. The third-order valence-electron chi connectivity index (χ3n) is 2.01. The van der Waals surface area contributed by atoms with E-state index in [9.17, 15) is 0 Å². The van der Waals surface area contributed by atoms with Gasteiger partial charge in [-0.1, -0.05) is 0 Å². The number of nitrogen functional groups attached to an aromatic ring is 1. The molecule has 0 radical (unpaired) electrons. The number of rotatable bonds is 7. The maximum Gasteiger partial charge on any atom is 0.213 e. The fraction of sp³-hybridized carbons (Fsp3) is 0.545. The molecule has 5 nitrogen and oxygen atoms in total. The summed E-state index contributed by atoms with van der Waals surface area (Å²) < 4.78 is 15.5. The summed E-state index contributed by atoms with van der Waals surface area (Å²) in [5, 5.41) is 0. The van der Waals surface area contributed by atoms with Gasteiger partial charge in [0.2, 0.25) is 5.88 Å². The highest BCUT2D eigenvalue weighted by molar-refractivity contribution is 5.43. The summed E-state index contributed by atoms with van der Waals surface area (Å²) in [4.78, 5) is 4.18. The number of anilines is 1. The minimum Gasteiger partial charge on any atom is -0.475 e. The van der Waals surface area contributed by atoms with E-state index in [-0.39, 0.29) is 0 Å². The fourth-order valence-corrected chi connectivity index (χ4v) is 1.08. The number of nitrogens with two attached hydrogens (primary N) is 1. The topological polar surface area (TPSA) is 66.6 Å². The summed E-state index contributed by atoms with van der Waals surface area (Å²) in [5.41, 5.74) is 7.09. The number of aryl methyl sites for hydroxylation is 1. The fourth-order valence-electron chi connectivity index (χ4n) is 1.08. The molecule has 16 heavy (non-hydrogen) atoms. The molecule has 1 aromatic rings. The quantitative estimate of drug-likeness (QED) is 0.703. The van der Waals surface area contributed by atoms with Crippen LogP contribution in [-0.4, -0.2) is 38.5 Å². The van der Waals surface area contributed by atoms with Gasteiger partial charge < -0.3 is 19.9 Å². The number of methoxy groups -OCH3 is 1. The normalized spacial score (nSPS) is 10.4. The average molecular weight is 226 g/mol. The van der Waals surface area contributed by atoms with Crippen LogP contribution in [0, 0.1) is 6.92 Å². The third kappa shape index (κ3) is 4.46. The molecule has 0 atom stereocenters.